The summed E-state index contributed by atoms with van der Waals surface area (Å²) in [5.74, 6) is 0.287. The Morgan fingerprint density at radius 3 is 2.65 bits per heavy atom. The van der Waals surface area contributed by atoms with Gasteiger partial charge in [-0.05, 0) is 39.0 Å². The summed E-state index contributed by atoms with van der Waals surface area (Å²) >= 11 is 0. The van der Waals surface area contributed by atoms with E-state index in [1.807, 2.05) is 25.7 Å². The van der Waals surface area contributed by atoms with Gasteiger partial charge in [-0.1, -0.05) is 0 Å². The number of halogens is 2. The Labute approximate surface area is 214 Å². The van der Waals surface area contributed by atoms with Crippen LogP contribution in [0.5, 0.6) is 11.5 Å². The van der Waals surface area contributed by atoms with E-state index in [4.69, 9.17) is 4.74 Å². The Kier molecular flexibility index (Phi) is 6.74. The first-order valence-corrected chi connectivity index (χ1v) is 12.7. The number of likely N-dealkylation sites (tertiary alicyclic amines) is 1. The molecule has 37 heavy (non-hydrogen) atoms. The first-order chi connectivity index (χ1) is 17.7. The zero-order valence-corrected chi connectivity index (χ0v) is 21.3. The molecule has 1 aromatic carbocycles. The van der Waals surface area contributed by atoms with Crippen molar-refractivity contribution in [2.24, 2.45) is 5.41 Å². The lowest BCUT2D eigenvalue weighted by atomic mass is 9.72. The Balaban J connectivity index is 1.27. The first-order valence-electron chi connectivity index (χ1n) is 12.7. The lowest BCUT2D eigenvalue weighted by Gasteiger charge is -2.60. The van der Waals surface area contributed by atoms with E-state index >= 15 is 0 Å². The van der Waals surface area contributed by atoms with Gasteiger partial charge in [0.2, 0.25) is 5.91 Å². The molecule has 1 aromatic heterocycles. The summed E-state index contributed by atoms with van der Waals surface area (Å²) in [6, 6.07) is 3.40. The van der Waals surface area contributed by atoms with Crippen LogP contribution < -0.4 is 15.0 Å². The van der Waals surface area contributed by atoms with Crippen LogP contribution in [-0.2, 0) is 4.79 Å². The Morgan fingerprint density at radius 2 is 2.00 bits per heavy atom. The molecule has 0 radical (unpaired) electrons. The van der Waals surface area contributed by atoms with Crippen LogP contribution in [0.3, 0.4) is 0 Å². The SMILES string of the molecule is CCN(C(=O)c1cc(F)ccc1Oc1cncnc1N1CC2(CN(C(=O)[C@@H]3C[C@@H](F)CN3)C2)C1)C(C)C. The number of hydrogen-bond acceptors (Lipinski definition) is 7. The van der Waals surface area contributed by atoms with E-state index in [1.165, 1.54) is 30.7 Å². The van der Waals surface area contributed by atoms with Crippen molar-refractivity contribution in [2.75, 3.05) is 44.2 Å². The number of nitrogens with one attached hydrogen (secondary N) is 1. The number of hydrogen-bond donors (Lipinski definition) is 1. The van der Waals surface area contributed by atoms with E-state index in [-0.39, 0.29) is 47.5 Å². The second-order valence-corrected chi connectivity index (χ2v) is 10.5. The average molecular weight is 515 g/mol. The summed E-state index contributed by atoms with van der Waals surface area (Å²) in [6.07, 6.45) is 2.22. The third-order valence-electron chi connectivity index (χ3n) is 7.37. The van der Waals surface area contributed by atoms with Gasteiger partial charge in [0.15, 0.2) is 11.6 Å². The maximum atomic E-state index is 14.1. The predicted octanol–water partition coefficient (Wildman–Crippen LogP) is 2.63. The molecule has 198 valence electrons. The van der Waals surface area contributed by atoms with Crippen molar-refractivity contribution >= 4 is 17.6 Å². The van der Waals surface area contributed by atoms with Crippen molar-refractivity contribution in [2.45, 2.75) is 45.4 Å². The smallest absolute Gasteiger partial charge is 0.257 e. The number of anilines is 1. The van der Waals surface area contributed by atoms with Crippen LogP contribution in [0, 0.1) is 11.2 Å². The number of benzene rings is 1. The van der Waals surface area contributed by atoms with Crippen LogP contribution in [0.25, 0.3) is 0 Å². The summed E-state index contributed by atoms with van der Waals surface area (Å²) in [6.45, 7) is 9.00. The normalized spacial score (nSPS) is 22.1. The molecule has 1 N–H and O–H groups in total. The largest absolute Gasteiger partial charge is 0.451 e. The van der Waals surface area contributed by atoms with E-state index in [2.05, 4.69) is 15.3 Å². The third-order valence-corrected chi connectivity index (χ3v) is 7.37. The van der Waals surface area contributed by atoms with Crippen LogP contribution >= 0.6 is 0 Å². The number of nitrogens with zero attached hydrogens (tertiary/aromatic N) is 5. The topological polar surface area (TPSA) is 90.9 Å². The minimum Gasteiger partial charge on any atom is -0.451 e. The molecule has 3 aliphatic heterocycles. The van der Waals surface area contributed by atoms with E-state index < -0.39 is 18.0 Å². The van der Waals surface area contributed by atoms with Crippen LogP contribution in [0.4, 0.5) is 14.6 Å². The highest BCUT2D eigenvalue weighted by Gasteiger charge is 2.55. The van der Waals surface area contributed by atoms with Crippen molar-refractivity contribution in [1.29, 1.82) is 0 Å². The number of aromatic nitrogens is 2. The molecule has 0 saturated carbocycles. The number of carbonyl (C=O) groups excluding carboxylic acids is 2. The van der Waals surface area contributed by atoms with Crippen LogP contribution in [0.2, 0.25) is 0 Å². The van der Waals surface area contributed by atoms with Gasteiger partial charge < -0.3 is 24.8 Å². The molecular formula is C26H32F2N6O3. The minimum absolute atomic E-state index is 0.0263. The molecule has 9 nitrogen and oxygen atoms in total. The highest BCUT2D eigenvalue weighted by atomic mass is 19.1. The molecule has 1 spiro atoms. The van der Waals surface area contributed by atoms with Crippen molar-refractivity contribution in [3.05, 3.63) is 42.1 Å². The maximum absolute atomic E-state index is 14.1. The first kappa shape index (κ1) is 25.3. The van der Waals surface area contributed by atoms with Crippen LogP contribution in [0.1, 0.15) is 37.6 Å². The molecule has 0 bridgehead atoms. The molecule has 5 rings (SSSR count). The molecular weight excluding hydrogens is 482 g/mol. The number of ether oxygens (including phenoxy) is 1. The number of amides is 2. The molecule has 2 aromatic rings. The van der Waals surface area contributed by atoms with Crippen molar-refractivity contribution in [1.82, 2.24) is 25.1 Å². The van der Waals surface area contributed by atoms with Gasteiger partial charge in [-0.2, -0.15) is 0 Å². The Bertz CT molecular complexity index is 1180. The lowest BCUT2D eigenvalue weighted by Crippen LogP contribution is -2.74. The lowest BCUT2D eigenvalue weighted by molar-refractivity contribution is -0.147. The van der Waals surface area contributed by atoms with Gasteiger partial charge in [0, 0.05) is 57.1 Å². The molecule has 4 heterocycles. The molecule has 11 heteroatoms. The highest BCUT2D eigenvalue weighted by molar-refractivity contribution is 5.97. The molecule has 3 saturated heterocycles. The van der Waals surface area contributed by atoms with E-state index in [9.17, 15) is 18.4 Å². The fraction of sp³-hybridized carbons (Fsp3) is 0.538. The van der Waals surface area contributed by atoms with Crippen molar-refractivity contribution in [3.8, 4) is 11.5 Å². The monoisotopic (exact) mass is 514 g/mol. The molecule has 2 amide bonds. The fourth-order valence-corrected chi connectivity index (χ4v) is 5.53. The van der Waals surface area contributed by atoms with Gasteiger partial charge >= 0.3 is 0 Å². The number of alkyl halides is 1. The minimum atomic E-state index is -0.966. The molecule has 0 unspecified atom stereocenters. The Morgan fingerprint density at radius 1 is 1.24 bits per heavy atom. The standard InChI is InChI=1S/C26H32F2N6O3/c1-4-34(16(2)3)24(35)19-7-17(27)5-6-21(19)37-22-10-29-15-31-23(22)32-11-26(12-32)13-33(14-26)25(36)20-8-18(28)9-30-20/h5-7,10,15-16,18,20,30H,4,8-9,11-14H2,1-3H3/t18-,20+/m1/s1. The number of rotatable bonds is 7. The molecule has 3 aliphatic rings. The van der Waals surface area contributed by atoms with Crippen LogP contribution in [0.15, 0.2) is 30.7 Å². The second kappa shape index (κ2) is 9.85. The van der Waals surface area contributed by atoms with Gasteiger partial charge in [0.05, 0.1) is 17.8 Å². The number of carbonyl (C=O) groups is 2. The summed E-state index contributed by atoms with van der Waals surface area (Å²) < 4.78 is 33.7. The van der Waals surface area contributed by atoms with E-state index in [0.717, 1.165) is 0 Å². The van der Waals surface area contributed by atoms with Crippen molar-refractivity contribution in [3.63, 3.8) is 0 Å². The maximum Gasteiger partial charge on any atom is 0.257 e. The van der Waals surface area contributed by atoms with Gasteiger partial charge in [-0.25, -0.2) is 18.7 Å². The van der Waals surface area contributed by atoms with Gasteiger partial charge in [-0.3, -0.25) is 9.59 Å². The summed E-state index contributed by atoms with van der Waals surface area (Å²) in [7, 11) is 0. The quantitative estimate of drug-likeness (QED) is 0.608. The Hall–Kier alpha value is -3.34. The van der Waals surface area contributed by atoms with Gasteiger partial charge in [0.25, 0.3) is 5.91 Å². The summed E-state index contributed by atoms with van der Waals surface area (Å²) in [5, 5.41) is 2.96. The molecule has 3 fully saturated rings. The molecule has 0 aliphatic carbocycles. The van der Waals surface area contributed by atoms with Crippen LogP contribution in [-0.4, -0.2) is 89.1 Å². The summed E-state index contributed by atoms with van der Waals surface area (Å²) in [5.41, 5.74) is 0.108. The highest BCUT2D eigenvalue weighted by Crippen LogP contribution is 2.44. The summed E-state index contributed by atoms with van der Waals surface area (Å²) in [4.78, 5) is 39.8. The van der Waals surface area contributed by atoms with Gasteiger partial charge in [0.1, 0.15) is 24.1 Å². The van der Waals surface area contributed by atoms with E-state index in [1.54, 1.807) is 9.80 Å². The van der Waals surface area contributed by atoms with Crippen molar-refractivity contribution < 1.29 is 23.1 Å². The second-order valence-electron chi connectivity index (χ2n) is 10.5. The zero-order valence-electron chi connectivity index (χ0n) is 21.3. The average Bonchev–Trinajstić information content (AvgIpc) is 3.25. The van der Waals surface area contributed by atoms with Gasteiger partial charge in [-0.15, -0.1) is 0 Å². The predicted molar refractivity (Wildman–Crippen MR) is 133 cm³/mol. The zero-order chi connectivity index (χ0) is 26.3. The fourth-order valence-electron chi connectivity index (χ4n) is 5.53. The van der Waals surface area contributed by atoms with E-state index in [0.29, 0.717) is 44.3 Å². The molecule has 2 atom stereocenters. The third kappa shape index (κ3) is 4.84.